The lowest BCUT2D eigenvalue weighted by molar-refractivity contribution is -0.131. The van der Waals surface area contributed by atoms with E-state index in [1.807, 2.05) is 36.1 Å². The maximum atomic E-state index is 12.6. The summed E-state index contributed by atoms with van der Waals surface area (Å²) in [7, 11) is 0. The zero-order chi connectivity index (χ0) is 21.3. The van der Waals surface area contributed by atoms with Crippen molar-refractivity contribution in [2.45, 2.75) is 32.2 Å². The number of carbonyl (C=O) groups is 2. The van der Waals surface area contributed by atoms with Gasteiger partial charge in [0, 0.05) is 24.2 Å². The third-order valence-electron chi connectivity index (χ3n) is 4.99. The van der Waals surface area contributed by atoms with Gasteiger partial charge in [0.2, 0.25) is 5.91 Å². The standard InChI is InChI=1S/C23H27ClN2O4/c1-2-29-20-7-3-17(4-8-20)15-23(28)26-13-11-19(12-14-26)25-22(27)16-30-21-9-5-18(24)6-10-21/h3-10,19H,2,11-16H2,1H3,(H,25,27). The number of amides is 2. The van der Waals surface area contributed by atoms with Crippen LogP contribution in [0.1, 0.15) is 25.3 Å². The molecule has 0 unspecified atom stereocenters. The summed E-state index contributed by atoms with van der Waals surface area (Å²) < 4.78 is 10.9. The van der Waals surface area contributed by atoms with E-state index in [0.717, 1.165) is 24.2 Å². The molecule has 1 aliphatic rings. The number of piperidine rings is 1. The lowest BCUT2D eigenvalue weighted by Gasteiger charge is -2.32. The molecule has 0 atom stereocenters. The Bertz CT molecular complexity index is 831. The van der Waals surface area contributed by atoms with Gasteiger partial charge >= 0.3 is 0 Å². The zero-order valence-corrected chi connectivity index (χ0v) is 17.9. The smallest absolute Gasteiger partial charge is 0.258 e. The highest BCUT2D eigenvalue weighted by Crippen LogP contribution is 2.17. The Morgan fingerprint density at radius 2 is 1.60 bits per heavy atom. The number of hydrogen-bond acceptors (Lipinski definition) is 4. The average Bonchev–Trinajstić information content (AvgIpc) is 2.75. The molecule has 6 nitrogen and oxygen atoms in total. The largest absolute Gasteiger partial charge is 0.494 e. The summed E-state index contributed by atoms with van der Waals surface area (Å²) in [5.74, 6) is 1.36. The van der Waals surface area contributed by atoms with Crippen molar-refractivity contribution in [2.75, 3.05) is 26.3 Å². The molecule has 1 saturated heterocycles. The Morgan fingerprint density at radius 1 is 1.00 bits per heavy atom. The van der Waals surface area contributed by atoms with Crippen LogP contribution >= 0.6 is 11.6 Å². The summed E-state index contributed by atoms with van der Waals surface area (Å²) in [6.07, 6.45) is 1.85. The van der Waals surface area contributed by atoms with E-state index in [9.17, 15) is 9.59 Å². The third kappa shape index (κ3) is 6.66. The number of nitrogens with zero attached hydrogens (tertiary/aromatic N) is 1. The second-order valence-corrected chi connectivity index (χ2v) is 7.66. The molecule has 1 fully saturated rings. The molecule has 3 rings (SSSR count). The highest BCUT2D eigenvalue weighted by Gasteiger charge is 2.24. The molecule has 1 aliphatic heterocycles. The van der Waals surface area contributed by atoms with Crippen LogP contribution in [0.2, 0.25) is 5.02 Å². The van der Waals surface area contributed by atoms with Crippen LogP contribution < -0.4 is 14.8 Å². The average molecular weight is 431 g/mol. The number of likely N-dealkylation sites (tertiary alicyclic amines) is 1. The first-order chi connectivity index (χ1) is 14.5. The predicted octanol–water partition coefficient (Wildman–Crippen LogP) is 3.47. The number of benzene rings is 2. The summed E-state index contributed by atoms with van der Waals surface area (Å²) in [6, 6.07) is 14.6. The Kier molecular flexibility index (Phi) is 7.97. The maximum absolute atomic E-state index is 12.6. The summed E-state index contributed by atoms with van der Waals surface area (Å²) in [6.45, 7) is 3.80. The zero-order valence-electron chi connectivity index (χ0n) is 17.1. The molecule has 0 aromatic heterocycles. The van der Waals surface area contributed by atoms with Crippen molar-refractivity contribution in [3.05, 3.63) is 59.1 Å². The first-order valence-corrected chi connectivity index (χ1v) is 10.6. The number of hydrogen-bond donors (Lipinski definition) is 1. The fourth-order valence-electron chi connectivity index (χ4n) is 3.38. The quantitative estimate of drug-likeness (QED) is 0.696. The predicted molar refractivity (Wildman–Crippen MR) is 116 cm³/mol. The summed E-state index contributed by atoms with van der Waals surface area (Å²) in [4.78, 5) is 26.6. The molecule has 1 N–H and O–H groups in total. The lowest BCUT2D eigenvalue weighted by atomic mass is 10.0. The molecule has 30 heavy (non-hydrogen) atoms. The second-order valence-electron chi connectivity index (χ2n) is 7.22. The van der Waals surface area contributed by atoms with Crippen LogP contribution in [0.25, 0.3) is 0 Å². The fraction of sp³-hybridized carbons (Fsp3) is 0.391. The minimum absolute atomic E-state index is 0.0431. The molecular weight excluding hydrogens is 404 g/mol. The number of ether oxygens (including phenoxy) is 2. The molecular formula is C23H27ClN2O4. The van der Waals surface area contributed by atoms with E-state index in [4.69, 9.17) is 21.1 Å². The topological polar surface area (TPSA) is 67.9 Å². The van der Waals surface area contributed by atoms with E-state index >= 15 is 0 Å². The summed E-state index contributed by atoms with van der Waals surface area (Å²) in [5, 5.41) is 3.61. The van der Waals surface area contributed by atoms with E-state index in [2.05, 4.69) is 5.32 Å². The van der Waals surface area contributed by atoms with Crippen LogP contribution in [-0.2, 0) is 16.0 Å². The molecule has 0 aliphatic carbocycles. The first-order valence-electron chi connectivity index (χ1n) is 10.2. The molecule has 2 amide bonds. The normalized spacial score (nSPS) is 14.3. The fourth-order valence-corrected chi connectivity index (χ4v) is 3.50. The van der Waals surface area contributed by atoms with Gasteiger partial charge in [-0.05, 0) is 61.7 Å². The van der Waals surface area contributed by atoms with Crippen LogP contribution in [0.3, 0.4) is 0 Å². The van der Waals surface area contributed by atoms with Gasteiger partial charge in [-0.15, -0.1) is 0 Å². The van der Waals surface area contributed by atoms with Crippen molar-refractivity contribution >= 4 is 23.4 Å². The minimum atomic E-state index is -0.163. The summed E-state index contributed by atoms with van der Waals surface area (Å²) in [5.41, 5.74) is 0.971. The molecule has 1 heterocycles. The SMILES string of the molecule is CCOc1ccc(CC(=O)N2CCC(NC(=O)COc3ccc(Cl)cc3)CC2)cc1. The van der Waals surface area contributed by atoms with Crippen molar-refractivity contribution in [1.82, 2.24) is 10.2 Å². The highest BCUT2D eigenvalue weighted by atomic mass is 35.5. The van der Waals surface area contributed by atoms with Crippen LogP contribution in [0.4, 0.5) is 0 Å². The van der Waals surface area contributed by atoms with Crippen molar-refractivity contribution < 1.29 is 19.1 Å². The minimum Gasteiger partial charge on any atom is -0.494 e. The van der Waals surface area contributed by atoms with E-state index < -0.39 is 0 Å². The van der Waals surface area contributed by atoms with E-state index in [0.29, 0.717) is 36.9 Å². The van der Waals surface area contributed by atoms with Crippen LogP contribution in [0.15, 0.2) is 48.5 Å². The van der Waals surface area contributed by atoms with Gasteiger partial charge in [-0.25, -0.2) is 0 Å². The van der Waals surface area contributed by atoms with Crippen LogP contribution in [0.5, 0.6) is 11.5 Å². The first kappa shape index (κ1) is 22.0. The van der Waals surface area contributed by atoms with Gasteiger partial charge in [0.05, 0.1) is 13.0 Å². The third-order valence-corrected chi connectivity index (χ3v) is 5.24. The molecule has 0 saturated carbocycles. The van der Waals surface area contributed by atoms with Gasteiger partial charge < -0.3 is 19.7 Å². The molecule has 7 heteroatoms. The van der Waals surface area contributed by atoms with Gasteiger partial charge in [-0.3, -0.25) is 9.59 Å². The maximum Gasteiger partial charge on any atom is 0.258 e. The lowest BCUT2D eigenvalue weighted by Crippen LogP contribution is -2.47. The molecule has 0 bridgehead atoms. The molecule has 0 radical (unpaired) electrons. The number of halogens is 1. The summed E-state index contributed by atoms with van der Waals surface area (Å²) >= 11 is 5.83. The van der Waals surface area contributed by atoms with Crippen molar-refractivity contribution in [1.29, 1.82) is 0 Å². The number of nitrogens with one attached hydrogen (secondary N) is 1. The van der Waals surface area contributed by atoms with Gasteiger partial charge in [-0.1, -0.05) is 23.7 Å². The van der Waals surface area contributed by atoms with Gasteiger partial charge in [-0.2, -0.15) is 0 Å². The van der Waals surface area contributed by atoms with Crippen molar-refractivity contribution in [3.63, 3.8) is 0 Å². The van der Waals surface area contributed by atoms with Gasteiger partial charge in [0.15, 0.2) is 6.61 Å². The highest BCUT2D eigenvalue weighted by molar-refractivity contribution is 6.30. The Morgan fingerprint density at radius 3 is 2.23 bits per heavy atom. The van der Waals surface area contributed by atoms with E-state index in [-0.39, 0.29) is 24.5 Å². The Balaban J connectivity index is 1.37. The van der Waals surface area contributed by atoms with E-state index in [1.54, 1.807) is 24.3 Å². The second kappa shape index (κ2) is 10.9. The molecule has 2 aromatic rings. The Labute approximate surface area is 182 Å². The number of rotatable bonds is 8. The van der Waals surface area contributed by atoms with Gasteiger partial charge in [0.25, 0.3) is 5.91 Å². The van der Waals surface area contributed by atoms with Crippen LogP contribution in [0, 0.1) is 0 Å². The molecule has 2 aromatic carbocycles. The molecule has 0 spiro atoms. The Hall–Kier alpha value is -2.73. The van der Waals surface area contributed by atoms with Gasteiger partial charge in [0.1, 0.15) is 11.5 Å². The van der Waals surface area contributed by atoms with Crippen molar-refractivity contribution in [2.24, 2.45) is 0 Å². The van der Waals surface area contributed by atoms with E-state index in [1.165, 1.54) is 0 Å². The number of carbonyl (C=O) groups excluding carboxylic acids is 2. The molecule has 160 valence electrons. The monoisotopic (exact) mass is 430 g/mol. The van der Waals surface area contributed by atoms with Crippen LogP contribution in [-0.4, -0.2) is 49.1 Å². The van der Waals surface area contributed by atoms with Crippen molar-refractivity contribution in [3.8, 4) is 11.5 Å².